The van der Waals surface area contributed by atoms with Crippen molar-refractivity contribution in [3.63, 3.8) is 0 Å². The molecule has 0 saturated carbocycles. The highest BCUT2D eigenvalue weighted by Gasteiger charge is 2.20. The highest BCUT2D eigenvalue weighted by molar-refractivity contribution is 6.32. The minimum atomic E-state index is 0.579. The molecule has 3 rings (SSSR count). The number of nitrogens with zero attached hydrogens (tertiary/aromatic N) is 1. The van der Waals surface area contributed by atoms with E-state index in [2.05, 4.69) is 17.9 Å². The first-order chi connectivity index (χ1) is 9.22. The van der Waals surface area contributed by atoms with Gasteiger partial charge >= 0.3 is 0 Å². The van der Waals surface area contributed by atoms with E-state index in [-0.39, 0.29) is 0 Å². The van der Waals surface area contributed by atoms with E-state index >= 15 is 0 Å². The van der Waals surface area contributed by atoms with E-state index in [1.807, 2.05) is 6.07 Å². The van der Waals surface area contributed by atoms with E-state index < -0.39 is 0 Å². The molecule has 0 bridgehead atoms. The average Bonchev–Trinajstić information content (AvgIpc) is 2.39. The number of likely N-dealkylation sites (tertiary alicyclic amines) is 1. The van der Waals surface area contributed by atoms with Gasteiger partial charge in [-0.1, -0.05) is 18.5 Å². The minimum absolute atomic E-state index is 0.579. The average molecular weight is 282 g/mol. The van der Waals surface area contributed by atoms with Gasteiger partial charge in [-0.3, -0.25) is 4.90 Å². The molecule has 0 spiro atoms. The molecule has 1 saturated heterocycles. The predicted octanol–water partition coefficient (Wildman–Crippen LogP) is 3.34. The van der Waals surface area contributed by atoms with Crippen molar-refractivity contribution in [2.24, 2.45) is 5.92 Å². The van der Waals surface area contributed by atoms with Crippen molar-refractivity contribution in [2.75, 3.05) is 26.3 Å². The largest absolute Gasteiger partial charge is 0.486 e. The highest BCUT2D eigenvalue weighted by atomic mass is 35.5. The van der Waals surface area contributed by atoms with Gasteiger partial charge in [0.2, 0.25) is 0 Å². The number of hydrogen-bond acceptors (Lipinski definition) is 3. The monoisotopic (exact) mass is 281 g/mol. The molecule has 0 aromatic heterocycles. The molecule has 2 aliphatic rings. The standard InChI is InChI=1S/C15H20ClNO2/c1-11-3-2-4-17(9-11)10-12-7-13(16)15-14(8-12)18-5-6-19-15/h7-8,11H,2-6,9-10H2,1H3. The first-order valence-corrected chi connectivity index (χ1v) is 7.40. The molecule has 1 fully saturated rings. The number of halogens is 1. The van der Waals surface area contributed by atoms with Gasteiger partial charge in [-0.25, -0.2) is 0 Å². The lowest BCUT2D eigenvalue weighted by Gasteiger charge is -2.31. The Hall–Kier alpha value is -0.930. The second-order valence-electron chi connectivity index (χ2n) is 5.58. The fourth-order valence-electron chi connectivity index (χ4n) is 2.94. The number of piperidine rings is 1. The second-order valence-corrected chi connectivity index (χ2v) is 5.99. The lowest BCUT2D eigenvalue weighted by atomic mass is 10.00. The minimum Gasteiger partial charge on any atom is -0.486 e. The summed E-state index contributed by atoms with van der Waals surface area (Å²) in [6, 6.07) is 4.08. The maximum absolute atomic E-state index is 6.27. The van der Waals surface area contributed by atoms with Gasteiger partial charge < -0.3 is 9.47 Å². The third-order valence-corrected chi connectivity index (χ3v) is 4.08. The van der Waals surface area contributed by atoms with E-state index in [0.717, 1.165) is 18.2 Å². The van der Waals surface area contributed by atoms with Crippen molar-refractivity contribution >= 4 is 11.6 Å². The van der Waals surface area contributed by atoms with Crippen LogP contribution in [0.2, 0.25) is 5.02 Å². The Balaban J connectivity index is 1.76. The number of benzene rings is 1. The van der Waals surface area contributed by atoms with Crippen molar-refractivity contribution in [3.8, 4) is 11.5 Å². The Morgan fingerprint density at radius 3 is 3.00 bits per heavy atom. The van der Waals surface area contributed by atoms with Crippen molar-refractivity contribution in [1.29, 1.82) is 0 Å². The second kappa shape index (κ2) is 5.59. The summed E-state index contributed by atoms with van der Waals surface area (Å²) in [7, 11) is 0. The topological polar surface area (TPSA) is 21.7 Å². The molecule has 0 radical (unpaired) electrons. The van der Waals surface area contributed by atoms with Gasteiger partial charge in [0.1, 0.15) is 13.2 Å². The van der Waals surface area contributed by atoms with Crippen LogP contribution >= 0.6 is 11.6 Å². The molecule has 104 valence electrons. The maximum Gasteiger partial charge on any atom is 0.179 e. The first kappa shape index (κ1) is 13.1. The van der Waals surface area contributed by atoms with E-state index in [1.54, 1.807) is 0 Å². The summed E-state index contributed by atoms with van der Waals surface area (Å²) in [5.41, 5.74) is 1.21. The van der Waals surface area contributed by atoms with E-state index in [4.69, 9.17) is 21.1 Å². The molecule has 1 unspecified atom stereocenters. The van der Waals surface area contributed by atoms with Gasteiger partial charge in [0.05, 0.1) is 5.02 Å². The van der Waals surface area contributed by atoms with E-state index in [1.165, 1.54) is 31.5 Å². The van der Waals surface area contributed by atoms with Crippen LogP contribution in [-0.2, 0) is 6.54 Å². The van der Waals surface area contributed by atoms with Gasteiger partial charge in [-0.2, -0.15) is 0 Å². The highest BCUT2D eigenvalue weighted by Crippen LogP contribution is 2.38. The Bertz CT molecular complexity index is 464. The summed E-state index contributed by atoms with van der Waals surface area (Å²) < 4.78 is 11.2. The number of ether oxygens (including phenoxy) is 2. The third-order valence-electron chi connectivity index (χ3n) is 3.80. The number of rotatable bonds is 2. The quantitative estimate of drug-likeness (QED) is 0.830. The molecule has 1 atom stereocenters. The Labute approximate surface area is 119 Å². The van der Waals surface area contributed by atoms with Crippen LogP contribution in [0, 0.1) is 5.92 Å². The van der Waals surface area contributed by atoms with Gasteiger partial charge in [0.25, 0.3) is 0 Å². The zero-order chi connectivity index (χ0) is 13.2. The SMILES string of the molecule is CC1CCCN(Cc2cc(Cl)c3c(c2)OCCO3)C1. The lowest BCUT2D eigenvalue weighted by Crippen LogP contribution is -2.33. The molecule has 4 heteroatoms. The first-order valence-electron chi connectivity index (χ1n) is 7.03. The van der Waals surface area contributed by atoms with Crippen LogP contribution in [0.3, 0.4) is 0 Å². The smallest absolute Gasteiger partial charge is 0.179 e. The molecular weight excluding hydrogens is 262 g/mol. The summed E-state index contributed by atoms with van der Waals surface area (Å²) in [4.78, 5) is 2.50. The van der Waals surface area contributed by atoms with Crippen LogP contribution in [0.4, 0.5) is 0 Å². The number of fused-ring (bicyclic) bond motifs is 1. The maximum atomic E-state index is 6.27. The summed E-state index contributed by atoms with van der Waals surface area (Å²) in [6.45, 7) is 6.80. The summed E-state index contributed by atoms with van der Waals surface area (Å²) in [5, 5.41) is 0.664. The van der Waals surface area contributed by atoms with Crippen LogP contribution in [-0.4, -0.2) is 31.2 Å². The van der Waals surface area contributed by atoms with Crippen LogP contribution in [0.1, 0.15) is 25.3 Å². The molecule has 3 nitrogen and oxygen atoms in total. The normalized spacial score (nSPS) is 23.4. The van der Waals surface area contributed by atoms with Crippen molar-refractivity contribution in [2.45, 2.75) is 26.3 Å². The lowest BCUT2D eigenvalue weighted by molar-refractivity contribution is 0.167. The molecule has 0 aliphatic carbocycles. The molecule has 2 aliphatic heterocycles. The molecule has 1 aromatic rings. The predicted molar refractivity (Wildman–Crippen MR) is 76.1 cm³/mol. The van der Waals surface area contributed by atoms with Gasteiger partial charge in [-0.15, -0.1) is 0 Å². The Kier molecular flexibility index (Phi) is 3.85. The van der Waals surface area contributed by atoms with Crippen molar-refractivity contribution in [1.82, 2.24) is 4.90 Å². The van der Waals surface area contributed by atoms with Crippen LogP contribution in [0.25, 0.3) is 0 Å². The molecule has 1 aromatic carbocycles. The van der Waals surface area contributed by atoms with Crippen molar-refractivity contribution < 1.29 is 9.47 Å². The molecular formula is C15H20ClNO2. The summed E-state index contributed by atoms with van der Waals surface area (Å²) >= 11 is 6.27. The fraction of sp³-hybridized carbons (Fsp3) is 0.600. The van der Waals surface area contributed by atoms with Gasteiger partial charge in [0.15, 0.2) is 11.5 Å². The zero-order valence-corrected chi connectivity index (χ0v) is 12.1. The summed E-state index contributed by atoms with van der Waals surface area (Å²) in [5.74, 6) is 2.28. The summed E-state index contributed by atoms with van der Waals surface area (Å²) in [6.07, 6.45) is 2.64. The van der Waals surface area contributed by atoms with Gasteiger partial charge in [0, 0.05) is 13.1 Å². The molecule has 19 heavy (non-hydrogen) atoms. The van der Waals surface area contributed by atoms with Crippen LogP contribution in [0.15, 0.2) is 12.1 Å². The Morgan fingerprint density at radius 1 is 1.32 bits per heavy atom. The van der Waals surface area contributed by atoms with Crippen LogP contribution in [0.5, 0.6) is 11.5 Å². The fourth-order valence-corrected chi connectivity index (χ4v) is 3.23. The molecule has 0 amide bonds. The third kappa shape index (κ3) is 2.98. The molecule has 2 heterocycles. The zero-order valence-electron chi connectivity index (χ0n) is 11.3. The van der Waals surface area contributed by atoms with E-state index in [9.17, 15) is 0 Å². The van der Waals surface area contributed by atoms with E-state index in [0.29, 0.717) is 24.0 Å². The molecule has 0 N–H and O–H groups in total. The van der Waals surface area contributed by atoms with Crippen molar-refractivity contribution in [3.05, 3.63) is 22.7 Å². The van der Waals surface area contributed by atoms with Gasteiger partial charge in [-0.05, 0) is 43.0 Å². The van der Waals surface area contributed by atoms with Crippen LogP contribution < -0.4 is 9.47 Å². The Morgan fingerprint density at radius 2 is 2.16 bits per heavy atom. The number of hydrogen-bond donors (Lipinski definition) is 0.